The number of ether oxygens (including phenoxy) is 3. The van der Waals surface area contributed by atoms with E-state index in [0.717, 1.165) is 70.6 Å². The number of esters is 3. The Morgan fingerprint density at radius 3 is 1.16 bits per heavy atom. The fourth-order valence-electron chi connectivity index (χ4n) is 6.61. The first kappa shape index (κ1) is 62.3. The van der Waals surface area contributed by atoms with Crippen LogP contribution in [-0.4, -0.2) is 37.2 Å². The second kappa shape index (κ2) is 53.9. The standard InChI is InChI=1S/C61H94O6/c1-4-7-10-13-16-19-22-24-26-28-30-32-34-36-39-42-45-48-51-54-60(63)66-57-58(56-65-59(62)53-50-47-44-41-38-21-18-15-12-9-6-3)67-61(64)55-52-49-46-43-40-37-35-33-31-29-27-25-23-20-17-14-11-8-5-2/h7,9-10,12-13,16-26,28,30,32,34,36,39,41,44,58H,4-6,8,11,14-15,27,29,31,33,35,37-38,40,42-43,45-57H2,1-3H3/b10-7-,12-9-,16-13-,20-17-,21-18-,22-19-,25-23-,26-24-,30-28+,34-32-,39-36-,44-41-. The monoisotopic (exact) mass is 923 g/mol. The van der Waals surface area contributed by atoms with Gasteiger partial charge >= 0.3 is 17.9 Å². The average Bonchev–Trinajstić information content (AvgIpc) is 3.33. The maximum atomic E-state index is 12.8. The highest BCUT2D eigenvalue weighted by atomic mass is 16.6. The molecule has 0 bridgehead atoms. The molecular weight excluding hydrogens is 829 g/mol. The maximum Gasteiger partial charge on any atom is 0.306 e. The van der Waals surface area contributed by atoms with Crippen molar-refractivity contribution in [2.24, 2.45) is 0 Å². The van der Waals surface area contributed by atoms with Gasteiger partial charge in [0.1, 0.15) is 13.2 Å². The van der Waals surface area contributed by atoms with Crippen LogP contribution in [0.4, 0.5) is 0 Å². The third kappa shape index (κ3) is 52.1. The highest BCUT2D eigenvalue weighted by Gasteiger charge is 2.19. The lowest BCUT2D eigenvalue weighted by atomic mass is 10.1. The molecule has 1 unspecified atom stereocenters. The minimum atomic E-state index is -0.825. The Bertz CT molecular complexity index is 1530. The normalized spacial score (nSPS) is 13.3. The van der Waals surface area contributed by atoms with E-state index in [4.69, 9.17) is 14.2 Å². The maximum absolute atomic E-state index is 12.8. The molecule has 0 saturated heterocycles. The summed E-state index contributed by atoms with van der Waals surface area (Å²) in [6.45, 7) is 6.23. The summed E-state index contributed by atoms with van der Waals surface area (Å²) in [5.41, 5.74) is 0. The molecule has 0 aliphatic carbocycles. The van der Waals surface area contributed by atoms with E-state index in [-0.39, 0.29) is 44.0 Å². The number of allylic oxidation sites excluding steroid dienone is 24. The van der Waals surface area contributed by atoms with Crippen LogP contribution < -0.4 is 0 Å². The summed E-state index contributed by atoms with van der Waals surface area (Å²) < 4.78 is 16.7. The molecule has 0 amide bonds. The molecule has 374 valence electrons. The molecule has 1 atom stereocenters. The first-order chi connectivity index (χ1) is 33.0. The zero-order valence-electron chi connectivity index (χ0n) is 42.6. The molecule has 67 heavy (non-hydrogen) atoms. The first-order valence-corrected chi connectivity index (χ1v) is 26.5. The topological polar surface area (TPSA) is 78.9 Å². The summed E-state index contributed by atoms with van der Waals surface area (Å²) in [5, 5.41) is 0. The molecule has 0 N–H and O–H groups in total. The van der Waals surface area contributed by atoms with Crippen LogP contribution in [0.3, 0.4) is 0 Å². The van der Waals surface area contributed by atoms with Gasteiger partial charge in [-0.3, -0.25) is 14.4 Å². The van der Waals surface area contributed by atoms with Crippen molar-refractivity contribution < 1.29 is 28.6 Å². The molecular formula is C61H94O6. The zero-order valence-corrected chi connectivity index (χ0v) is 42.6. The summed E-state index contributed by atoms with van der Waals surface area (Å²) >= 11 is 0. The van der Waals surface area contributed by atoms with Crippen LogP contribution in [-0.2, 0) is 28.6 Å². The molecule has 6 heteroatoms. The van der Waals surface area contributed by atoms with Gasteiger partial charge in [0, 0.05) is 19.3 Å². The number of carbonyl (C=O) groups is 3. The molecule has 0 aromatic rings. The van der Waals surface area contributed by atoms with E-state index in [1.165, 1.54) is 77.0 Å². The van der Waals surface area contributed by atoms with Crippen molar-refractivity contribution >= 4 is 17.9 Å². The molecule has 0 fully saturated rings. The SMILES string of the molecule is CC\C=C/C=C\C=C/C=C\C=C\C=C/C=C\CCCCCC(=O)OCC(COC(=O)CCC/C=C\C/C=C\C/C=C\CC)OC(=O)CCCCCCCCCCCC/C=C\C=C/CCCCC. The van der Waals surface area contributed by atoms with Gasteiger partial charge in [0.15, 0.2) is 6.10 Å². The van der Waals surface area contributed by atoms with Crippen LogP contribution in [0.2, 0.25) is 0 Å². The van der Waals surface area contributed by atoms with E-state index >= 15 is 0 Å². The lowest BCUT2D eigenvalue weighted by Gasteiger charge is -2.18. The highest BCUT2D eigenvalue weighted by molar-refractivity contribution is 5.71. The Kier molecular flexibility index (Phi) is 50.1. The predicted molar refractivity (Wildman–Crippen MR) is 288 cm³/mol. The van der Waals surface area contributed by atoms with Gasteiger partial charge in [0.05, 0.1) is 0 Å². The molecule has 0 aliphatic heterocycles. The van der Waals surface area contributed by atoms with E-state index in [0.29, 0.717) is 19.3 Å². The van der Waals surface area contributed by atoms with E-state index in [1.807, 2.05) is 72.9 Å². The number of carbonyl (C=O) groups excluding carboxylic acids is 3. The Hall–Kier alpha value is -4.71. The van der Waals surface area contributed by atoms with Gasteiger partial charge in [-0.15, -0.1) is 0 Å². The van der Waals surface area contributed by atoms with Crippen LogP contribution in [0, 0.1) is 0 Å². The van der Waals surface area contributed by atoms with Crippen LogP contribution in [0.15, 0.2) is 146 Å². The van der Waals surface area contributed by atoms with Crippen molar-refractivity contribution in [1.29, 1.82) is 0 Å². The number of rotatable bonds is 45. The van der Waals surface area contributed by atoms with Gasteiger partial charge in [0.25, 0.3) is 0 Å². The van der Waals surface area contributed by atoms with Crippen molar-refractivity contribution in [3.8, 4) is 0 Å². The van der Waals surface area contributed by atoms with Gasteiger partial charge < -0.3 is 14.2 Å². The minimum absolute atomic E-state index is 0.125. The van der Waals surface area contributed by atoms with Crippen molar-refractivity contribution in [2.45, 2.75) is 207 Å². The molecule has 6 nitrogen and oxygen atoms in total. The van der Waals surface area contributed by atoms with Crippen LogP contribution in [0.1, 0.15) is 201 Å². The molecule has 0 saturated carbocycles. The Morgan fingerprint density at radius 1 is 0.328 bits per heavy atom. The second-order valence-electron chi connectivity index (χ2n) is 16.9. The first-order valence-electron chi connectivity index (χ1n) is 26.5. The van der Waals surface area contributed by atoms with Gasteiger partial charge in [0.2, 0.25) is 0 Å². The van der Waals surface area contributed by atoms with Crippen LogP contribution in [0.5, 0.6) is 0 Å². The fraction of sp³-hybridized carbons (Fsp3) is 0.557. The van der Waals surface area contributed by atoms with Crippen molar-refractivity contribution in [3.63, 3.8) is 0 Å². The quantitative estimate of drug-likeness (QED) is 0.0199. The second-order valence-corrected chi connectivity index (χ2v) is 16.9. The molecule has 0 rings (SSSR count). The summed E-state index contributed by atoms with van der Waals surface area (Å²) in [5.74, 6) is -1.03. The van der Waals surface area contributed by atoms with Crippen molar-refractivity contribution in [1.82, 2.24) is 0 Å². The summed E-state index contributed by atoms with van der Waals surface area (Å²) in [4.78, 5) is 38.0. The van der Waals surface area contributed by atoms with Crippen molar-refractivity contribution in [3.05, 3.63) is 146 Å². The molecule has 0 heterocycles. The summed E-state index contributed by atoms with van der Waals surface area (Å²) in [6, 6.07) is 0. The van der Waals surface area contributed by atoms with E-state index in [1.54, 1.807) is 0 Å². The molecule has 0 aromatic carbocycles. The lowest BCUT2D eigenvalue weighted by Crippen LogP contribution is -2.30. The summed E-state index contributed by atoms with van der Waals surface area (Å²) in [7, 11) is 0. The Labute approximate surface area is 410 Å². The molecule has 0 spiro atoms. The predicted octanol–water partition coefficient (Wildman–Crippen LogP) is 17.6. The molecule has 0 radical (unpaired) electrons. The number of hydrogen-bond acceptors (Lipinski definition) is 6. The van der Waals surface area contributed by atoms with Gasteiger partial charge in [-0.05, 0) is 89.9 Å². The number of unbranched alkanes of at least 4 members (excludes halogenated alkanes) is 17. The molecule has 0 aromatic heterocycles. The van der Waals surface area contributed by atoms with Crippen LogP contribution >= 0.6 is 0 Å². The zero-order chi connectivity index (χ0) is 48.6. The Balaban J connectivity index is 4.53. The van der Waals surface area contributed by atoms with Gasteiger partial charge in [-0.25, -0.2) is 0 Å². The molecule has 0 aliphatic rings. The average molecular weight is 923 g/mol. The van der Waals surface area contributed by atoms with E-state index in [9.17, 15) is 14.4 Å². The lowest BCUT2D eigenvalue weighted by molar-refractivity contribution is -0.167. The van der Waals surface area contributed by atoms with Gasteiger partial charge in [-0.2, -0.15) is 0 Å². The number of hydrogen-bond donors (Lipinski definition) is 0. The third-order valence-electron chi connectivity index (χ3n) is 10.5. The minimum Gasteiger partial charge on any atom is -0.462 e. The Morgan fingerprint density at radius 2 is 0.672 bits per heavy atom. The van der Waals surface area contributed by atoms with Crippen molar-refractivity contribution in [2.75, 3.05) is 13.2 Å². The van der Waals surface area contributed by atoms with Crippen LogP contribution in [0.25, 0.3) is 0 Å². The van der Waals surface area contributed by atoms with Gasteiger partial charge in [-0.1, -0.05) is 237 Å². The fourth-order valence-corrected chi connectivity index (χ4v) is 6.61. The van der Waals surface area contributed by atoms with E-state index in [2.05, 4.69) is 93.7 Å². The third-order valence-corrected chi connectivity index (χ3v) is 10.5. The smallest absolute Gasteiger partial charge is 0.306 e. The largest absolute Gasteiger partial charge is 0.462 e. The van der Waals surface area contributed by atoms with E-state index < -0.39 is 6.10 Å². The highest BCUT2D eigenvalue weighted by Crippen LogP contribution is 2.14. The summed E-state index contributed by atoms with van der Waals surface area (Å²) in [6.07, 6.45) is 76.9.